The maximum Gasteiger partial charge on any atom is 0.144 e. The monoisotopic (exact) mass is 202 g/mol. The molecule has 0 atom stereocenters. The Morgan fingerprint density at radius 3 is 2.07 bits per heavy atom. The number of rotatable bonds is 4. The van der Waals surface area contributed by atoms with Gasteiger partial charge in [0.2, 0.25) is 0 Å². The van der Waals surface area contributed by atoms with Gasteiger partial charge in [-0.25, -0.2) is 0 Å². The molecule has 0 aliphatic carbocycles. The van der Waals surface area contributed by atoms with E-state index in [-0.39, 0.29) is 11.6 Å². The van der Waals surface area contributed by atoms with Crippen LogP contribution in [0.4, 0.5) is 0 Å². The van der Waals surface area contributed by atoms with Gasteiger partial charge in [-0.2, -0.15) is 0 Å². The Labute approximate surface area is 89.6 Å². The molecular formula is C13H14O2. The summed E-state index contributed by atoms with van der Waals surface area (Å²) in [6, 6.07) is 9.60. The summed E-state index contributed by atoms with van der Waals surface area (Å²) >= 11 is 0. The van der Waals surface area contributed by atoms with Crippen molar-refractivity contribution in [2.24, 2.45) is 5.92 Å². The predicted octanol–water partition coefficient (Wildman–Crippen LogP) is 2.49. The van der Waals surface area contributed by atoms with Gasteiger partial charge < -0.3 is 0 Å². The molecule has 0 spiro atoms. The van der Waals surface area contributed by atoms with Crippen molar-refractivity contribution in [3.8, 4) is 0 Å². The summed E-state index contributed by atoms with van der Waals surface area (Å²) in [5.74, 6) is -0.838. The second-order valence-corrected chi connectivity index (χ2v) is 3.47. The molecule has 0 radical (unpaired) electrons. The molecule has 2 nitrogen and oxygen atoms in total. The number of hydrogen-bond donors (Lipinski definition) is 0. The van der Waals surface area contributed by atoms with E-state index in [0.717, 1.165) is 5.56 Å². The van der Waals surface area contributed by atoms with Gasteiger partial charge in [-0.3, -0.25) is 9.59 Å². The molecule has 0 bridgehead atoms. The number of Topliss-reactive ketones (excluding diaryl/α,β-unsaturated/α-hetero) is 2. The zero-order chi connectivity index (χ0) is 11.3. The lowest BCUT2D eigenvalue weighted by Crippen LogP contribution is -2.16. The third-order valence-electron chi connectivity index (χ3n) is 2.16. The van der Waals surface area contributed by atoms with Gasteiger partial charge in [0.1, 0.15) is 11.6 Å². The Balaban J connectivity index is 2.79. The van der Waals surface area contributed by atoms with Crippen molar-refractivity contribution in [3.63, 3.8) is 0 Å². The van der Waals surface area contributed by atoms with Crippen LogP contribution in [0.25, 0.3) is 6.08 Å². The number of carbonyl (C=O) groups excluding carboxylic acids is 2. The summed E-state index contributed by atoms with van der Waals surface area (Å²) < 4.78 is 0. The van der Waals surface area contributed by atoms with E-state index in [9.17, 15) is 9.59 Å². The number of allylic oxidation sites excluding steroid dienone is 1. The molecule has 0 aliphatic heterocycles. The molecule has 78 valence electrons. The highest BCUT2D eigenvalue weighted by Gasteiger charge is 2.14. The summed E-state index contributed by atoms with van der Waals surface area (Å²) in [4.78, 5) is 22.3. The summed E-state index contributed by atoms with van der Waals surface area (Å²) in [6.07, 6.45) is 3.45. The number of benzene rings is 1. The van der Waals surface area contributed by atoms with E-state index < -0.39 is 5.92 Å². The van der Waals surface area contributed by atoms with Gasteiger partial charge in [0.05, 0.1) is 5.92 Å². The lowest BCUT2D eigenvalue weighted by Gasteiger charge is -2.02. The first-order chi connectivity index (χ1) is 7.11. The molecule has 15 heavy (non-hydrogen) atoms. The molecule has 1 rings (SSSR count). The second kappa shape index (κ2) is 5.25. The van der Waals surface area contributed by atoms with Crippen LogP contribution >= 0.6 is 0 Å². The third kappa shape index (κ3) is 3.50. The maximum absolute atomic E-state index is 11.1. The van der Waals surface area contributed by atoms with Crippen molar-refractivity contribution in [2.45, 2.75) is 13.8 Å². The number of carbonyl (C=O) groups is 2. The van der Waals surface area contributed by atoms with E-state index in [2.05, 4.69) is 0 Å². The van der Waals surface area contributed by atoms with Gasteiger partial charge in [0.15, 0.2) is 0 Å². The molecule has 0 aliphatic rings. The zero-order valence-electron chi connectivity index (χ0n) is 8.94. The highest BCUT2D eigenvalue weighted by Crippen LogP contribution is 2.07. The SMILES string of the molecule is CC(=O)C(C=Cc1ccccc1)C(C)=O. The Morgan fingerprint density at radius 2 is 1.60 bits per heavy atom. The summed E-state index contributed by atoms with van der Waals surface area (Å²) in [5.41, 5.74) is 0.991. The molecule has 0 aromatic heterocycles. The van der Waals surface area contributed by atoms with E-state index in [1.807, 2.05) is 30.3 Å². The van der Waals surface area contributed by atoms with Crippen molar-refractivity contribution in [1.29, 1.82) is 0 Å². The van der Waals surface area contributed by atoms with Gasteiger partial charge in [-0.15, -0.1) is 0 Å². The first-order valence-electron chi connectivity index (χ1n) is 4.85. The van der Waals surface area contributed by atoms with Crippen LogP contribution in [-0.2, 0) is 9.59 Å². The first-order valence-corrected chi connectivity index (χ1v) is 4.85. The van der Waals surface area contributed by atoms with E-state index in [1.54, 1.807) is 12.2 Å². The van der Waals surface area contributed by atoms with Crippen LogP contribution < -0.4 is 0 Å². The average molecular weight is 202 g/mol. The van der Waals surface area contributed by atoms with Crippen molar-refractivity contribution >= 4 is 17.6 Å². The molecule has 2 heteroatoms. The summed E-state index contributed by atoms with van der Waals surface area (Å²) in [5, 5.41) is 0. The van der Waals surface area contributed by atoms with Crippen LogP contribution in [0.5, 0.6) is 0 Å². The van der Waals surface area contributed by atoms with Crippen molar-refractivity contribution in [2.75, 3.05) is 0 Å². The molecule has 1 aromatic rings. The highest BCUT2D eigenvalue weighted by atomic mass is 16.1. The quantitative estimate of drug-likeness (QED) is 0.703. The Kier molecular flexibility index (Phi) is 3.98. The molecule has 1 aromatic carbocycles. The van der Waals surface area contributed by atoms with E-state index in [4.69, 9.17) is 0 Å². The minimum Gasteiger partial charge on any atom is -0.299 e. The second-order valence-electron chi connectivity index (χ2n) is 3.47. The minimum atomic E-state index is -0.606. The fourth-order valence-corrected chi connectivity index (χ4v) is 1.33. The minimum absolute atomic E-state index is 0.116. The molecule has 0 saturated heterocycles. The Morgan fingerprint density at radius 1 is 1.07 bits per heavy atom. The molecular weight excluding hydrogens is 188 g/mol. The lowest BCUT2D eigenvalue weighted by atomic mass is 9.99. The van der Waals surface area contributed by atoms with Crippen LogP contribution in [0.1, 0.15) is 19.4 Å². The number of ketones is 2. The van der Waals surface area contributed by atoms with Gasteiger partial charge in [0, 0.05) is 0 Å². The Hall–Kier alpha value is -1.70. The summed E-state index contributed by atoms with van der Waals surface area (Å²) in [6.45, 7) is 2.86. The van der Waals surface area contributed by atoms with Crippen LogP contribution in [0.15, 0.2) is 36.4 Å². The van der Waals surface area contributed by atoms with Gasteiger partial charge in [-0.05, 0) is 19.4 Å². The lowest BCUT2D eigenvalue weighted by molar-refractivity contribution is -0.128. The molecule has 0 fully saturated rings. The van der Waals surface area contributed by atoms with E-state index in [1.165, 1.54) is 13.8 Å². The fraction of sp³-hybridized carbons (Fsp3) is 0.231. The van der Waals surface area contributed by atoms with Gasteiger partial charge in [-0.1, -0.05) is 42.5 Å². The van der Waals surface area contributed by atoms with Crippen LogP contribution in [0, 0.1) is 5.92 Å². The van der Waals surface area contributed by atoms with Crippen molar-refractivity contribution < 1.29 is 9.59 Å². The maximum atomic E-state index is 11.1. The van der Waals surface area contributed by atoms with Gasteiger partial charge >= 0.3 is 0 Å². The largest absolute Gasteiger partial charge is 0.299 e. The van der Waals surface area contributed by atoms with Crippen molar-refractivity contribution in [3.05, 3.63) is 42.0 Å². The van der Waals surface area contributed by atoms with Gasteiger partial charge in [0.25, 0.3) is 0 Å². The van der Waals surface area contributed by atoms with Crippen LogP contribution in [0.2, 0.25) is 0 Å². The van der Waals surface area contributed by atoms with Crippen molar-refractivity contribution in [1.82, 2.24) is 0 Å². The Bertz CT molecular complexity index is 363. The predicted molar refractivity (Wildman–Crippen MR) is 60.3 cm³/mol. The molecule has 0 saturated carbocycles. The van der Waals surface area contributed by atoms with E-state index >= 15 is 0 Å². The zero-order valence-corrected chi connectivity index (χ0v) is 8.94. The topological polar surface area (TPSA) is 34.1 Å². The molecule has 0 N–H and O–H groups in total. The molecule has 0 unspecified atom stereocenters. The standard InChI is InChI=1S/C13H14O2/c1-10(14)13(11(2)15)9-8-12-6-4-3-5-7-12/h3-9,13H,1-2H3. The summed E-state index contributed by atoms with van der Waals surface area (Å²) in [7, 11) is 0. The normalized spacial score (nSPS) is 10.9. The smallest absolute Gasteiger partial charge is 0.144 e. The fourth-order valence-electron chi connectivity index (χ4n) is 1.33. The van der Waals surface area contributed by atoms with Crippen LogP contribution in [0.3, 0.4) is 0 Å². The van der Waals surface area contributed by atoms with Crippen LogP contribution in [-0.4, -0.2) is 11.6 Å². The third-order valence-corrected chi connectivity index (χ3v) is 2.16. The first kappa shape index (κ1) is 11.4. The number of hydrogen-bond acceptors (Lipinski definition) is 2. The molecule has 0 heterocycles. The average Bonchev–Trinajstić information content (AvgIpc) is 2.18. The molecule has 0 amide bonds. The highest BCUT2D eigenvalue weighted by molar-refractivity contribution is 6.02. The van der Waals surface area contributed by atoms with E-state index in [0.29, 0.717) is 0 Å².